The molecule has 0 fully saturated rings. The molecule has 0 saturated heterocycles. The van der Waals surface area contributed by atoms with E-state index < -0.39 is 23.4 Å². The fourth-order valence-electron chi connectivity index (χ4n) is 3.42. The number of hydrazine groups is 1. The molecule has 1 aliphatic heterocycles. The number of aryl methyl sites for hydroxylation is 1. The summed E-state index contributed by atoms with van der Waals surface area (Å²) in [6.07, 6.45) is -1.42. The molecule has 0 atom stereocenters. The van der Waals surface area contributed by atoms with Crippen molar-refractivity contribution in [2.45, 2.75) is 79.4 Å². The minimum absolute atomic E-state index is 0.284. The van der Waals surface area contributed by atoms with E-state index in [1.165, 1.54) is 10.0 Å². The third-order valence-electron chi connectivity index (χ3n) is 4.95. The summed E-state index contributed by atoms with van der Waals surface area (Å²) < 4.78 is 11.4. The van der Waals surface area contributed by atoms with Crippen LogP contribution in [0.1, 0.15) is 78.0 Å². The van der Waals surface area contributed by atoms with Gasteiger partial charge in [0.15, 0.2) is 5.84 Å². The minimum Gasteiger partial charge on any atom is -0.442 e. The number of anilines is 1. The van der Waals surface area contributed by atoms with Crippen molar-refractivity contribution in [2.24, 2.45) is 4.99 Å². The minimum atomic E-state index is -0.782. The second-order valence-corrected chi connectivity index (χ2v) is 10.8. The maximum Gasteiger partial charge on any atom is 0.436 e. The molecule has 2 aromatic rings. The number of carbonyl (C=O) groups excluding carboxylic acids is 2. The Morgan fingerprint density at radius 3 is 1.85 bits per heavy atom. The van der Waals surface area contributed by atoms with E-state index >= 15 is 0 Å². The van der Waals surface area contributed by atoms with Crippen LogP contribution < -0.4 is 5.01 Å². The van der Waals surface area contributed by atoms with Gasteiger partial charge in [-0.1, -0.05) is 44.2 Å². The van der Waals surface area contributed by atoms with Crippen molar-refractivity contribution < 1.29 is 19.1 Å². The predicted octanol–water partition coefficient (Wildman–Crippen LogP) is 7.10. The lowest BCUT2D eigenvalue weighted by Crippen LogP contribution is -2.57. The summed E-state index contributed by atoms with van der Waals surface area (Å²) in [4.78, 5) is 31.8. The molecule has 0 N–H and O–H groups in total. The van der Waals surface area contributed by atoms with Gasteiger partial charge in [0.1, 0.15) is 11.2 Å². The molecule has 0 bridgehead atoms. The molecule has 7 nitrogen and oxygen atoms in total. The molecule has 7 heteroatoms. The Bertz CT molecular complexity index is 1110. The fourth-order valence-corrected chi connectivity index (χ4v) is 3.42. The van der Waals surface area contributed by atoms with Crippen molar-refractivity contribution in [2.75, 3.05) is 5.01 Å². The number of rotatable bonds is 2. The van der Waals surface area contributed by atoms with Crippen molar-refractivity contribution >= 4 is 29.4 Å². The quantitative estimate of drug-likeness (QED) is 0.474. The Morgan fingerprint density at radius 2 is 1.35 bits per heavy atom. The van der Waals surface area contributed by atoms with Gasteiger partial charge in [-0.15, -0.1) is 0 Å². The molecule has 0 radical (unpaired) electrons. The SMILES string of the molecule is Cc1ccc2c(c1)N(C(=O)OC(C)(C)C)N(C(=O)OC(C)(C)C)C(c1ccc(C(C)C)cc1)=N2. The summed E-state index contributed by atoms with van der Waals surface area (Å²) in [7, 11) is 0. The zero-order valence-electron chi connectivity index (χ0n) is 21.6. The van der Waals surface area contributed by atoms with E-state index in [-0.39, 0.29) is 5.84 Å². The number of ether oxygens (including phenoxy) is 2. The van der Waals surface area contributed by atoms with Gasteiger partial charge >= 0.3 is 12.2 Å². The monoisotopic (exact) mass is 465 g/mol. The maximum absolute atomic E-state index is 13.5. The first-order valence-electron chi connectivity index (χ1n) is 11.5. The lowest BCUT2D eigenvalue weighted by molar-refractivity contribution is 0.0256. The average Bonchev–Trinajstić information content (AvgIpc) is 2.69. The van der Waals surface area contributed by atoms with Crippen molar-refractivity contribution in [3.8, 4) is 0 Å². The van der Waals surface area contributed by atoms with Crippen LogP contribution in [0.4, 0.5) is 21.0 Å². The Hall–Kier alpha value is -3.35. The van der Waals surface area contributed by atoms with Gasteiger partial charge in [0, 0.05) is 5.56 Å². The second-order valence-electron chi connectivity index (χ2n) is 10.8. The van der Waals surface area contributed by atoms with Crippen molar-refractivity contribution in [3.05, 3.63) is 59.2 Å². The number of amidine groups is 1. The molecular formula is C27H35N3O4. The summed E-state index contributed by atoms with van der Waals surface area (Å²) in [5, 5.41) is 2.39. The van der Waals surface area contributed by atoms with Crippen molar-refractivity contribution in [1.82, 2.24) is 5.01 Å². The largest absolute Gasteiger partial charge is 0.442 e. The summed E-state index contributed by atoms with van der Waals surface area (Å²) in [5.41, 5.74) is 2.20. The number of nitrogens with zero attached hydrogens (tertiary/aromatic N) is 3. The van der Waals surface area contributed by atoms with Gasteiger partial charge in [-0.25, -0.2) is 14.6 Å². The van der Waals surface area contributed by atoms with Gasteiger partial charge in [0.05, 0.1) is 11.4 Å². The van der Waals surface area contributed by atoms with Crippen LogP contribution in [0.5, 0.6) is 0 Å². The molecule has 0 saturated carbocycles. The van der Waals surface area contributed by atoms with Crippen LogP contribution in [-0.2, 0) is 9.47 Å². The van der Waals surface area contributed by atoms with E-state index in [1.807, 2.05) is 43.3 Å². The molecular weight excluding hydrogens is 430 g/mol. The smallest absolute Gasteiger partial charge is 0.436 e. The van der Waals surface area contributed by atoms with E-state index in [2.05, 4.69) is 13.8 Å². The van der Waals surface area contributed by atoms with Crippen LogP contribution >= 0.6 is 0 Å². The highest BCUT2D eigenvalue weighted by atomic mass is 16.6. The molecule has 2 amide bonds. The van der Waals surface area contributed by atoms with Gasteiger partial charge in [0.25, 0.3) is 0 Å². The molecule has 3 rings (SSSR count). The number of carbonyl (C=O) groups is 2. The Balaban J connectivity index is 2.22. The third-order valence-corrected chi connectivity index (χ3v) is 4.95. The van der Waals surface area contributed by atoms with Crippen LogP contribution in [0.15, 0.2) is 47.5 Å². The number of amides is 2. The standard InChI is InChI=1S/C27H35N3O4/c1-17(2)19-11-13-20(14-12-19)23-28-21-15-10-18(3)16-22(21)29(24(31)33-26(4,5)6)30(23)25(32)34-27(7,8)9/h10-17H,1-9H3. The van der Waals surface area contributed by atoms with E-state index in [9.17, 15) is 9.59 Å². The summed E-state index contributed by atoms with van der Waals surface area (Å²) in [5.74, 6) is 0.637. The topological polar surface area (TPSA) is 71.4 Å². The molecule has 34 heavy (non-hydrogen) atoms. The summed E-state index contributed by atoms with van der Waals surface area (Å²) >= 11 is 0. The van der Waals surface area contributed by atoms with Crippen LogP contribution in [0, 0.1) is 6.92 Å². The zero-order valence-corrected chi connectivity index (χ0v) is 21.6. The zero-order chi connectivity index (χ0) is 25.4. The van der Waals surface area contributed by atoms with Crippen LogP contribution in [0.2, 0.25) is 0 Å². The highest BCUT2D eigenvalue weighted by molar-refractivity contribution is 6.14. The number of hydrogen-bond donors (Lipinski definition) is 0. The van der Waals surface area contributed by atoms with Gasteiger partial charge in [-0.05, 0) is 77.6 Å². The van der Waals surface area contributed by atoms with E-state index in [1.54, 1.807) is 47.6 Å². The predicted molar refractivity (Wildman–Crippen MR) is 135 cm³/mol. The van der Waals surface area contributed by atoms with Crippen molar-refractivity contribution in [3.63, 3.8) is 0 Å². The number of aliphatic imine (C=N–C) groups is 1. The first-order valence-corrected chi connectivity index (χ1v) is 11.5. The number of hydrogen-bond acceptors (Lipinski definition) is 5. The molecule has 0 aliphatic carbocycles. The molecule has 1 aliphatic rings. The van der Waals surface area contributed by atoms with Crippen LogP contribution in [0.3, 0.4) is 0 Å². The first-order chi connectivity index (χ1) is 15.7. The highest BCUT2D eigenvalue weighted by Crippen LogP contribution is 2.38. The summed E-state index contributed by atoms with van der Waals surface area (Å²) in [6.45, 7) is 16.8. The second kappa shape index (κ2) is 9.12. The van der Waals surface area contributed by atoms with Gasteiger partial charge < -0.3 is 9.47 Å². The van der Waals surface area contributed by atoms with Gasteiger partial charge in [0.2, 0.25) is 0 Å². The fraction of sp³-hybridized carbons (Fsp3) is 0.444. The van der Waals surface area contributed by atoms with Crippen LogP contribution in [-0.4, -0.2) is 34.2 Å². The maximum atomic E-state index is 13.5. The Morgan fingerprint density at radius 1 is 0.824 bits per heavy atom. The lowest BCUT2D eigenvalue weighted by Gasteiger charge is -2.39. The summed E-state index contributed by atoms with van der Waals surface area (Å²) in [6, 6.07) is 13.3. The molecule has 1 heterocycles. The molecule has 0 spiro atoms. The molecule has 182 valence electrons. The third kappa shape index (κ3) is 5.76. The Kier molecular flexibility index (Phi) is 6.78. The van der Waals surface area contributed by atoms with Crippen molar-refractivity contribution in [1.29, 1.82) is 0 Å². The molecule has 0 aromatic heterocycles. The first kappa shape index (κ1) is 25.3. The average molecular weight is 466 g/mol. The lowest BCUT2D eigenvalue weighted by atomic mass is 10.0. The molecule has 2 aromatic carbocycles. The normalized spacial score (nSPS) is 14.0. The van der Waals surface area contributed by atoms with Gasteiger partial charge in [-0.2, -0.15) is 10.0 Å². The van der Waals surface area contributed by atoms with Gasteiger partial charge in [-0.3, -0.25) is 0 Å². The highest BCUT2D eigenvalue weighted by Gasteiger charge is 2.41. The van der Waals surface area contributed by atoms with E-state index in [0.717, 1.165) is 11.1 Å². The van der Waals surface area contributed by atoms with E-state index in [4.69, 9.17) is 14.5 Å². The van der Waals surface area contributed by atoms with Crippen LogP contribution in [0.25, 0.3) is 0 Å². The van der Waals surface area contributed by atoms with E-state index in [0.29, 0.717) is 22.9 Å². The number of benzene rings is 2. The number of fused-ring (bicyclic) bond motifs is 1. The Labute approximate surface area is 202 Å². The molecule has 0 unspecified atom stereocenters.